The number of hydrogen-bond donors (Lipinski definition) is 2. The molecule has 0 bridgehead atoms. The maximum absolute atomic E-state index is 13.6. The SMILES string of the molecule is O=C(OCC(=O)c1ccccc1F)c1cc(NS(=O)(=O)c2cccs2)ccc1O. The number of ketones is 1. The number of hydrogen-bond acceptors (Lipinski definition) is 7. The number of carbonyl (C=O) groups is 2. The van der Waals surface area contributed by atoms with Gasteiger partial charge in [0.15, 0.2) is 6.61 Å². The van der Waals surface area contributed by atoms with Crippen LogP contribution in [0.15, 0.2) is 64.2 Å². The van der Waals surface area contributed by atoms with E-state index in [9.17, 15) is 27.5 Å². The lowest BCUT2D eigenvalue weighted by molar-refractivity contribution is 0.0470. The third-order valence-corrected chi connectivity index (χ3v) is 6.52. The van der Waals surface area contributed by atoms with Gasteiger partial charge in [-0.05, 0) is 41.8 Å². The number of nitrogens with one attached hydrogen (secondary N) is 1. The lowest BCUT2D eigenvalue weighted by Crippen LogP contribution is -2.16. The van der Waals surface area contributed by atoms with Crippen LogP contribution in [-0.2, 0) is 14.8 Å². The maximum Gasteiger partial charge on any atom is 0.342 e. The molecular formula is C19H14FNO6S2. The number of benzene rings is 2. The molecule has 2 aromatic carbocycles. The Labute approximate surface area is 169 Å². The van der Waals surface area contributed by atoms with Crippen LogP contribution < -0.4 is 4.72 Å². The van der Waals surface area contributed by atoms with Crippen molar-refractivity contribution in [1.82, 2.24) is 0 Å². The lowest BCUT2D eigenvalue weighted by Gasteiger charge is -2.10. The molecule has 0 saturated carbocycles. The highest BCUT2D eigenvalue weighted by Gasteiger charge is 2.20. The van der Waals surface area contributed by atoms with Gasteiger partial charge in [-0.25, -0.2) is 17.6 Å². The number of halogens is 1. The molecule has 0 atom stereocenters. The van der Waals surface area contributed by atoms with Gasteiger partial charge in [0, 0.05) is 5.69 Å². The van der Waals surface area contributed by atoms with Gasteiger partial charge >= 0.3 is 5.97 Å². The van der Waals surface area contributed by atoms with E-state index in [-0.39, 0.29) is 21.0 Å². The Hall–Kier alpha value is -3.24. The first-order valence-electron chi connectivity index (χ1n) is 8.12. The second kappa shape index (κ2) is 8.41. The fraction of sp³-hybridized carbons (Fsp3) is 0.0526. The Kier molecular flexibility index (Phi) is 5.95. The highest BCUT2D eigenvalue weighted by Crippen LogP contribution is 2.25. The summed E-state index contributed by atoms with van der Waals surface area (Å²) in [7, 11) is -3.85. The fourth-order valence-corrected chi connectivity index (χ4v) is 4.40. The number of rotatable bonds is 7. The molecule has 1 heterocycles. The predicted octanol–water partition coefficient (Wildman–Crippen LogP) is 3.43. The van der Waals surface area contributed by atoms with Crippen LogP contribution in [0.25, 0.3) is 0 Å². The zero-order valence-electron chi connectivity index (χ0n) is 14.7. The lowest BCUT2D eigenvalue weighted by atomic mass is 10.1. The van der Waals surface area contributed by atoms with Crippen LogP contribution in [0.3, 0.4) is 0 Å². The molecule has 0 amide bonds. The first-order chi connectivity index (χ1) is 13.8. The number of phenols is 1. The zero-order chi connectivity index (χ0) is 21.0. The summed E-state index contributed by atoms with van der Waals surface area (Å²) in [6.45, 7) is -0.746. The van der Waals surface area contributed by atoms with Gasteiger partial charge in [-0.1, -0.05) is 18.2 Å². The highest BCUT2D eigenvalue weighted by atomic mass is 32.2. The number of Topliss-reactive ketones (excluding diaryl/α,β-unsaturated/α-hetero) is 1. The second-order valence-electron chi connectivity index (χ2n) is 5.75. The number of esters is 1. The molecular weight excluding hydrogens is 421 g/mol. The van der Waals surface area contributed by atoms with Crippen molar-refractivity contribution in [3.8, 4) is 5.75 Å². The van der Waals surface area contributed by atoms with Gasteiger partial charge in [-0.3, -0.25) is 9.52 Å². The van der Waals surface area contributed by atoms with E-state index in [1.165, 1.54) is 30.3 Å². The Morgan fingerprint density at radius 3 is 2.52 bits per heavy atom. The standard InChI is InChI=1S/C19H14FNO6S2/c20-15-5-2-1-4-13(15)17(23)11-27-19(24)14-10-12(7-8-16(14)22)21-29(25,26)18-6-3-9-28-18/h1-10,21-22H,11H2. The number of anilines is 1. The summed E-state index contributed by atoms with van der Waals surface area (Å²) in [6, 6.07) is 11.7. The van der Waals surface area contributed by atoms with Gasteiger partial charge < -0.3 is 9.84 Å². The number of phenolic OH excluding ortho intramolecular Hbond substituents is 1. The van der Waals surface area contributed by atoms with Crippen molar-refractivity contribution in [2.75, 3.05) is 11.3 Å². The first-order valence-corrected chi connectivity index (χ1v) is 10.5. The number of carbonyl (C=O) groups excluding carboxylic acids is 2. The molecule has 0 aliphatic carbocycles. The Bertz CT molecular complexity index is 1160. The summed E-state index contributed by atoms with van der Waals surface area (Å²) in [6.07, 6.45) is 0. The van der Waals surface area contributed by atoms with Crippen LogP contribution in [-0.4, -0.2) is 31.9 Å². The van der Waals surface area contributed by atoms with E-state index in [4.69, 9.17) is 4.74 Å². The minimum Gasteiger partial charge on any atom is -0.507 e. The topological polar surface area (TPSA) is 110 Å². The molecule has 0 radical (unpaired) electrons. The van der Waals surface area contributed by atoms with E-state index >= 15 is 0 Å². The summed E-state index contributed by atoms with van der Waals surface area (Å²) >= 11 is 1.01. The summed E-state index contributed by atoms with van der Waals surface area (Å²) in [5, 5.41) is 11.5. The van der Waals surface area contributed by atoms with Crippen LogP contribution in [0, 0.1) is 5.82 Å². The monoisotopic (exact) mass is 435 g/mol. The largest absolute Gasteiger partial charge is 0.507 e. The van der Waals surface area contributed by atoms with Crippen LogP contribution in [0.5, 0.6) is 5.75 Å². The summed E-state index contributed by atoms with van der Waals surface area (Å²) < 4.78 is 45.4. The van der Waals surface area contributed by atoms with Gasteiger partial charge in [0.25, 0.3) is 10.0 Å². The summed E-state index contributed by atoms with van der Waals surface area (Å²) in [4.78, 5) is 24.2. The molecule has 0 spiro atoms. The summed E-state index contributed by atoms with van der Waals surface area (Å²) in [5.74, 6) is -3.04. The molecule has 29 heavy (non-hydrogen) atoms. The molecule has 0 saturated heterocycles. The van der Waals surface area contributed by atoms with Crippen molar-refractivity contribution in [3.05, 3.63) is 76.9 Å². The van der Waals surface area contributed by atoms with Gasteiger partial charge in [0.1, 0.15) is 21.3 Å². The second-order valence-corrected chi connectivity index (χ2v) is 8.61. The van der Waals surface area contributed by atoms with Crippen molar-refractivity contribution in [2.45, 2.75) is 4.21 Å². The van der Waals surface area contributed by atoms with Crippen molar-refractivity contribution in [1.29, 1.82) is 0 Å². The quantitative estimate of drug-likeness (QED) is 0.334. The van der Waals surface area contributed by atoms with E-state index in [0.29, 0.717) is 0 Å². The third-order valence-electron chi connectivity index (χ3n) is 3.74. The molecule has 7 nitrogen and oxygen atoms in total. The number of aromatic hydroxyl groups is 1. The van der Waals surface area contributed by atoms with Gasteiger partial charge in [0.2, 0.25) is 5.78 Å². The minimum atomic E-state index is -3.85. The Morgan fingerprint density at radius 2 is 1.83 bits per heavy atom. The van der Waals surface area contributed by atoms with Crippen molar-refractivity contribution in [2.24, 2.45) is 0 Å². The van der Waals surface area contributed by atoms with E-state index in [2.05, 4.69) is 4.72 Å². The van der Waals surface area contributed by atoms with Crippen molar-refractivity contribution in [3.63, 3.8) is 0 Å². The molecule has 3 aromatic rings. The maximum atomic E-state index is 13.6. The predicted molar refractivity (Wildman–Crippen MR) is 104 cm³/mol. The van der Waals surface area contributed by atoms with Crippen LogP contribution in [0.1, 0.15) is 20.7 Å². The number of thiophene rings is 1. The molecule has 0 unspecified atom stereocenters. The number of sulfonamides is 1. The average molecular weight is 435 g/mol. The van der Waals surface area contributed by atoms with Crippen molar-refractivity contribution >= 4 is 38.8 Å². The van der Waals surface area contributed by atoms with E-state index < -0.39 is 39.9 Å². The minimum absolute atomic E-state index is 0.0172. The van der Waals surface area contributed by atoms with E-state index in [1.807, 2.05) is 0 Å². The smallest absolute Gasteiger partial charge is 0.342 e. The molecule has 0 fully saturated rings. The molecule has 3 rings (SSSR count). The molecule has 0 aliphatic rings. The fourth-order valence-electron chi connectivity index (χ4n) is 2.36. The van der Waals surface area contributed by atoms with E-state index in [1.54, 1.807) is 11.4 Å². The molecule has 0 aliphatic heterocycles. The highest BCUT2D eigenvalue weighted by molar-refractivity contribution is 7.94. The molecule has 150 valence electrons. The van der Waals surface area contributed by atoms with Crippen LogP contribution in [0.4, 0.5) is 10.1 Å². The van der Waals surface area contributed by atoms with Gasteiger partial charge in [-0.2, -0.15) is 0 Å². The molecule has 1 aromatic heterocycles. The van der Waals surface area contributed by atoms with Crippen molar-refractivity contribution < 1.29 is 32.2 Å². The zero-order valence-corrected chi connectivity index (χ0v) is 16.3. The van der Waals surface area contributed by atoms with E-state index in [0.717, 1.165) is 29.5 Å². The molecule has 10 heteroatoms. The third kappa shape index (κ3) is 4.79. The van der Waals surface area contributed by atoms with Gasteiger partial charge in [0.05, 0.1) is 5.56 Å². The van der Waals surface area contributed by atoms with Crippen LogP contribution >= 0.6 is 11.3 Å². The first kappa shape index (κ1) is 20.5. The Morgan fingerprint density at radius 1 is 1.07 bits per heavy atom. The average Bonchev–Trinajstić information content (AvgIpc) is 3.23. The number of ether oxygens (including phenoxy) is 1. The molecule has 2 N–H and O–H groups in total. The van der Waals surface area contributed by atoms with Gasteiger partial charge in [-0.15, -0.1) is 11.3 Å². The van der Waals surface area contributed by atoms with Crippen LogP contribution in [0.2, 0.25) is 0 Å². The summed E-state index contributed by atoms with van der Waals surface area (Å²) in [5.41, 5.74) is -0.566. The normalized spacial score (nSPS) is 11.1. The Balaban J connectivity index is 1.73.